The van der Waals surface area contributed by atoms with Gasteiger partial charge in [-0.2, -0.15) is 0 Å². The zero-order valence-electron chi connectivity index (χ0n) is 13.9. The van der Waals surface area contributed by atoms with Crippen LogP contribution in [0.5, 0.6) is 0 Å². The summed E-state index contributed by atoms with van der Waals surface area (Å²) in [5.41, 5.74) is 3.71. The van der Waals surface area contributed by atoms with Gasteiger partial charge in [0.2, 0.25) is 5.91 Å². The van der Waals surface area contributed by atoms with Gasteiger partial charge in [0.25, 0.3) is 5.91 Å². The highest BCUT2D eigenvalue weighted by Gasteiger charge is 2.09. The molecule has 0 unspecified atom stereocenters. The molecule has 0 fully saturated rings. The SMILES string of the molecule is Cc1ncn(-c2ccc(NC(=O)CNC(=O)c3cccs3)cc2)c1C. The normalized spacial score (nSPS) is 10.5. The highest BCUT2D eigenvalue weighted by molar-refractivity contribution is 7.12. The number of aromatic nitrogens is 2. The van der Waals surface area contributed by atoms with E-state index < -0.39 is 0 Å². The summed E-state index contributed by atoms with van der Waals surface area (Å²) in [4.78, 5) is 28.6. The van der Waals surface area contributed by atoms with Gasteiger partial charge in [0, 0.05) is 17.1 Å². The first-order valence-corrected chi connectivity index (χ1v) is 8.65. The Balaban J connectivity index is 1.57. The third-order valence-electron chi connectivity index (χ3n) is 3.84. The topological polar surface area (TPSA) is 76.0 Å². The van der Waals surface area contributed by atoms with Crippen molar-refractivity contribution in [3.63, 3.8) is 0 Å². The van der Waals surface area contributed by atoms with Gasteiger partial charge >= 0.3 is 0 Å². The molecule has 0 saturated carbocycles. The van der Waals surface area contributed by atoms with Gasteiger partial charge in [-0.05, 0) is 49.6 Å². The summed E-state index contributed by atoms with van der Waals surface area (Å²) in [6, 6.07) is 11.0. The van der Waals surface area contributed by atoms with Crippen LogP contribution in [0.1, 0.15) is 21.1 Å². The van der Waals surface area contributed by atoms with Gasteiger partial charge in [0.05, 0.1) is 23.4 Å². The van der Waals surface area contributed by atoms with Crippen molar-refractivity contribution in [3.05, 3.63) is 64.4 Å². The van der Waals surface area contributed by atoms with Crippen molar-refractivity contribution in [2.45, 2.75) is 13.8 Å². The zero-order valence-corrected chi connectivity index (χ0v) is 14.8. The van der Waals surface area contributed by atoms with Crippen LogP contribution in [0.25, 0.3) is 5.69 Å². The van der Waals surface area contributed by atoms with E-state index in [1.54, 1.807) is 18.5 Å². The van der Waals surface area contributed by atoms with Crippen LogP contribution in [0.4, 0.5) is 5.69 Å². The molecular weight excluding hydrogens is 336 g/mol. The van der Waals surface area contributed by atoms with Gasteiger partial charge < -0.3 is 15.2 Å². The van der Waals surface area contributed by atoms with Crippen molar-refractivity contribution in [2.75, 3.05) is 11.9 Å². The fraction of sp³-hybridized carbons (Fsp3) is 0.167. The molecule has 0 aliphatic carbocycles. The molecule has 1 aromatic carbocycles. The number of nitrogens with zero attached hydrogens (tertiary/aromatic N) is 2. The molecule has 0 bridgehead atoms. The van der Waals surface area contributed by atoms with Crippen LogP contribution >= 0.6 is 11.3 Å². The second kappa shape index (κ2) is 7.31. The Bertz CT molecular complexity index is 882. The van der Waals surface area contributed by atoms with E-state index in [9.17, 15) is 9.59 Å². The third-order valence-corrected chi connectivity index (χ3v) is 4.70. The largest absolute Gasteiger partial charge is 0.342 e. The molecule has 6 nitrogen and oxygen atoms in total. The molecule has 2 N–H and O–H groups in total. The van der Waals surface area contributed by atoms with Crippen LogP contribution in [-0.2, 0) is 4.79 Å². The average molecular weight is 354 g/mol. The van der Waals surface area contributed by atoms with E-state index in [2.05, 4.69) is 15.6 Å². The third kappa shape index (κ3) is 3.95. The molecule has 128 valence electrons. The summed E-state index contributed by atoms with van der Waals surface area (Å²) in [7, 11) is 0. The van der Waals surface area contributed by atoms with Crippen LogP contribution in [0.2, 0.25) is 0 Å². The average Bonchev–Trinajstić information content (AvgIpc) is 3.25. The summed E-state index contributed by atoms with van der Waals surface area (Å²) in [5, 5.41) is 7.18. The van der Waals surface area contributed by atoms with Crippen molar-refractivity contribution in [1.29, 1.82) is 0 Å². The Labute approximate surface area is 149 Å². The van der Waals surface area contributed by atoms with Gasteiger partial charge in [-0.25, -0.2) is 4.98 Å². The smallest absolute Gasteiger partial charge is 0.261 e. The van der Waals surface area contributed by atoms with Crippen LogP contribution in [0.3, 0.4) is 0 Å². The molecule has 2 amide bonds. The molecule has 0 aliphatic heterocycles. The van der Waals surface area contributed by atoms with Gasteiger partial charge in [-0.3, -0.25) is 9.59 Å². The number of carbonyl (C=O) groups excluding carboxylic acids is 2. The van der Waals surface area contributed by atoms with Crippen molar-refractivity contribution in [3.8, 4) is 5.69 Å². The first-order valence-electron chi connectivity index (χ1n) is 7.77. The Hall–Kier alpha value is -2.93. The Morgan fingerprint density at radius 3 is 2.52 bits per heavy atom. The number of amides is 2. The van der Waals surface area contributed by atoms with Crippen LogP contribution < -0.4 is 10.6 Å². The minimum atomic E-state index is -0.271. The van der Waals surface area contributed by atoms with Crippen molar-refractivity contribution in [1.82, 2.24) is 14.9 Å². The van der Waals surface area contributed by atoms with Gasteiger partial charge in [0.15, 0.2) is 0 Å². The lowest BCUT2D eigenvalue weighted by molar-refractivity contribution is -0.115. The predicted molar refractivity (Wildman–Crippen MR) is 98.3 cm³/mol. The number of thiophene rings is 1. The lowest BCUT2D eigenvalue weighted by atomic mass is 10.2. The quantitative estimate of drug-likeness (QED) is 0.740. The number of aryl methyl sites for hydroxylation is 1. The van der Waals surface area contributed by atoms with Crippen LogP contribution in [0, 0.1) is 13.8 Å². The summed E-state index contributed by atoms with van der Waals surface area (Å²) in [6.45, 7) is 3.90. The number of nitrogens with one attached hydrogen (secondary N) is 2. The highest BCUT2D eigenvalue weighted by atomic mass is 32.1. The van der Waals surface area contributed by atoms with Gasteiger partial charge in [-0.1, -0.05) is 6.07 Å². The van der Waals surface area contributed by atoms with E-state index >= 15 is 0 Å². The molecule has 2 heterocycles. The van der Waals surface area contributed by atoms with Crippen molar-refractivity contribution >= 4 is 28.8 Å². The number of rotatable bonds is 5. The van der Waals surface area contributed by atoms with Crippen molar-refractivity contribution in [2.24, 2.45) is 0 Å². The van der Waals surface area contributed by atoms with Gasteiger partial charge in [-0.15, -0.1) is 11.3 Å². The lowest BCUT2D eigenvalue weighted by Gasteiger charge is -2.09. The molecular formula is C18H18N4O2S. The monoisotopic (exact) mass is 354 g/mol. The number of imidazole rings is 1. The summed E-state index contributed by atoms with van der Waals surface area (Å²) < 4.78 is 1.99. The maximum absolute atomic E-state index is 12.0. The standard InChI is InChI=1S/C18H18N4O2S/c1-12-13(2)22(11-20-12)15-7-5-14(6-8-15)21-17(23)10-19-18(24)16-4-3-9-25-16/h3-9,11H,10H2,1-2H3,(H,19,24)(H,21,23). The molecule has 0 radical (unpaired) electrons. The molecule has 0 aliphatic rings. The van der Waals surface area contributed by atoms with E-state index in [0.717, 1.165) is 17.1 Å². The number of hydrogen-bond acceptors (Lipinski definition) is 4. The molecule has 2 aromatic heterocycles. The Morgan fingerprint density at radius 2 is 1.92 bits per heavy atom. The van der Waals surface area contributed by atoms with E-state index in [4.69, 9.17) is 0 Å². The summed E-state index contributed by atoms with van der Waals surface area (Å²) in [6.07, 6.45) is 1.78. The fourth-order valence-corrected chi connectivity index (χ4v) is 2.97. The molecule has 25 heavy (non-hydrogen) atoms. The molecule has 0 spiro atoms. The summed E-state index contributed by atoms with van der Waals surface area (Å²) in [5.74, 6) is -0.515. The first kappa shape index (κ1) is 16.9. The van der Waals surface area contributed by atoms with Crippen LogP contribution in [-0.4, -0.2) is 27.9 Å². The molecule has 0 atom stereocenters. The zero-order chi connectivity index (χ0) is 17.8. The van der Waals surface area contributed by atoms with Crippen LogP contribution in [0.15, 0.2) is 48.1 Å². The van der Waals surface area contributed by atoms with Gasteiger partial charge in [0.1, 0.15) is 0 Å². The second-order valence-electron chi connectivity index (χ2n) is 5.54. The first-order chi connectivity index (χ1) is 12.0. The maximum Gasteiger partial charge on any atom is 0.261 e. The second-order valence-corrected chi connectivity index (χ2v) is 6.49. The molecule has 3 rings (SSSR count). The Kier molecular flexibility index (Phi) is 4.95. The van der Waals surface area contributed by atoms with Crippen molar-refractivity contribution < 1.29 is 9.59 Å². The Morgan fingerprint density at radius 1 is 1.16 bits per heavy atom. The number of benzene rings is 1. The fourth-order valence-electron chi connectivity index (χ4n) is 2.32. The van der Waals surface area contributed by atoms with E-state index in [1.807, 2.05) is 48.1 Å². The minimum Gasteiger partial charge on any atom is -0.342 e. The molecule has 0 saturated heterocycles. The molecule has 7 heteroatoms. The number of carbonyl (C=O) groups is 2. The minimum absolute atomic E-state index is 0.0711. The number of anilines is 1. The lowest BCUT2D eigenvalue weighted by Crippen LogP contribution is -2.32. The molecule has 3 aromatic rings. The summed E-state index contributed by atoms with van der Waals surface area (Å²) >= 11 is 1.34. The van der Waals surface area contributed by atoms with E-state index in [-0.39, 0.29) is 18.4 Å². The predicted octanol–water partition coefficient (Wildman–Crippen LogP) is 2.92. The highest BCUT2D eigenvalue weighted by Crippen LogP contribution is 2.16. The maximum atomic E-state index is 12.0. The number of hydrogen-bond donors (Lipinski definition) is 2. The van der Waals surface area contributed by atoms with E-state index in [1.165, 1.54) is 11.3 Å². The van der Waals surface area contributed by atoms with E-state index in [0.29, 0.717) is 10.6 Å².